The molecule has 0 amide bonds. The van der Waals surface area contributed by atoms with Crippen LogP contribution in [0.15, 0.2) is 65.6 Å². The first-order valence-corrected chi connectivity index (χ1v) is 9.02. The van der Waals surface area contributed by atoms with Crippen molar-refractivity contribution in [1.82, 2.24) is 3.97 Å². The second-order valence-corrected chi connectivity index (χ2v) is 7.46. The smallest absolute Gasteiger partial charge is 0.268 e. The lowest BCUT2D eigenvalue weighted by atomic mass is 10.1. The van der Waals surface area contributed by atoms with Gasteiger partial charge in [0.1, 0.15) is 5.75 Å². The maximum absolute atomic E-state index is 13.1. The Hall–Kier alpha value is -2.53. The summed E-state index contributed by atoms with van der Waals surface area (Å²) in [5.74, 6) is 0.686. The molecule has 24 heavy (non-hydrogen) atoms. The fourth-order valence-electron chi connectivity index (χ4n) is 2.66. The van der Waals surface area contributed by atoms with Crippen molar-refractivity contribution >= 4 is 10.0 Å². The van der Waals surface area contributed by atoms with E-state index in [4.69, 9.17) is 4.74 Å². The molecule has 0 radical (unpaired) electrons. The molecule has 1 aromatic heterocycles. The maximum Gasteiger partial charge on any atom is 0.268 e. The van der Waals surface area contributed by atoms with Crippen molar-refractivity contribution in [3.63, 3.8) is 0 Å². The molecule has 3 rings (SSSR count). The Morgan fingerprint density at radius 1 is 0.917 bits per heavy atom. The summed E-state index contributed by atoms with van der Waals surface area (Å²) in [7, 11) is -2.08. The number of methoxy groups -OCH3 is 1. The summed E-state index contributed by atoms with van der Waals surface area (Å²) in [6.45, 7) is 3.72. The number of aryl methyl sites for hydroxylation is 2. The van der Waals surface area contributed by atoms with Crippen LogP contribution in [-0.2, 0) is 10.0 Å². The predicted octanol–water partition coefficient (Wildman–Crippen LogP) is 4.02. The summed E-state index contributed by atoms with van der Waals surface area (Å²) in [4.78, 5) is 0.275. The molecule has 0 saturated heterocycles. The summed E-state index contributed by atoms with van der Waals surface area (Å²) >= 11 is 0. The molecule has 0 unspecified atom stereocenters. The standard InChI is InChI=1S/C19H19NO3S/c1-14-7-10-18(11-8-14)24(21,22)20-15(2)9-12-19(20)16-5-4-6-17(13-16)23-3/h4-13H,1-3H3. The van der Waals surface area contributed by atoms with Crippen LogP contribution in [0.25, 0.3) is 11.3 Å². The minimum Gasteiger partial charge on any atom is -0.497 e. The molecule has 0 bridgehead atoms. The van der Waals surface area contributed by atoms with Gasteiger partial charge in [-0.2, -0.15) is 0 Å². The van der Waals surface area contributed by atoms with Crippen LogP contribution in [0.3, 0.4) is 0 Å². The lowest BCUT2D eigenvalue weighted by Gasteiger charge is -2.13. The van der Waals surface area contributed by atoms with E-state index in [1.807, 2.05) is 37.3 Å². The van der Waals surface area contributed by atoms with Crippen molar-refractivity contribution in [3.05, 3.63) is 71.9 Å². The molecule has 0 atom stereocenters. The molecule has 4 nitrogen and oxygen atoms in total. The van der Waals surface area contributed by atoms with Crippen LogP contribution in [0.5, 0.6) is 5.75 Å². The molecular weight excluding hydrogens is 322 g/mol. The van der Waals surface area contributed by atoms with Crippen molar-refractivity contribution in [3.8, 4) is 17.0 Å². The van der Waals surface area contributed by atoms with Gasteiger partial charge in [-0.05, 0) is 50.2 Å². The van der Waals surface area contributed by atoms with E-state index in [0.717, 1.165) is 11.1 Å². The number of benzene rings is 2. The summed E-state index contributed by atoms with van der Waals surface area (Å²) in [6, 6.07) is 17.9. The second-order valence-electron chi connectivity index (χ2n) is 5.67. The zero-order valence-corrected chi connectivity index (χ0v) is 14.7. The van der Waals surface area contributed by atoms with Gasteiger partial charge in [0.2, 0.25) is 0 Å². The molecule has 124 valence electrons. The predicted molar refractivity (Wildman–Crippen MR) is 94.9 cm³/mol. The van der Waals surface area contributed by atoms with Crippen LogP contribution in [0.1, 0.15) is 11.3 Å². The van der Waals surface area contributed by atoms with Crippen LogP contribution in [0.2, 0.25) is 0 Å². The van der Waals surface area contributed by atoms with Gasteiger partial charge in [0, 0.05) is 11.3 Å². The molecule has 0 aliphatic heterocycles. The first-order valence-electron chi connectivity index (χ1n) is 7.58. The number of hydrogen-bond donors (Lipinski definition) is 0. The molecule has 0 aliphatic carbocycles. The first-order chi connectivity index (χ1) is 11.4. The Morgan fingerprint density at radius 3 is 2.29 bits per heavy atom. The van der Waals surface area contributed by atoms with Gasteiger partial charge < -0.3 is 4.74 Å². The van der Waals surface area contributed by atoms with Crippen molar-refractivity contribution in [1.29, 1.82) is 0 Å². The highest BCUT2D eigenvalue weighted by Crippen LogP contribution is 2.29. The summed E-state index contributed by atoms with van der Waals surface area (Å²) in [5, 5.41) is 0. The van der Waals surface area contributed by atoms with Gasteiger partial charge in [-0.25, -0.2) is 12.4 Å². The molecule has 0 aliphatic rings. The van der Waals surface area contributed by atoms with Gasteiger partial charge in [-0.3, -0.25) is 0 Å². The third-order valence-corrected chi connectivity index (χ3v) is 5.78. The van der Waals surface area contributed by atoms with Gasteiger partial charge >= 0.3 is 0 Å². The lowest BCUT2D eigenvalue weighted by Crippen LogP contribution is -2.15. The summed E-state index contributed by atoms with van der Waals surface area (Å²) in [5.41, 5.74) is 3.09. The molecular formula is C19H19NO3S. The quantitative estimate of drug-likeness (QED) is 0.720. The Morgan fingerprint density at radius 2 is 1.62 bits per heavy atom. The number of nitrogens with zero attached hydrogens (tertiary/aromatic N) is 1. The average molecular weight is 341 g/mol. The number of aromatic nitrogens is 1. The highest BCUT2D eigenvalue weighted by Gasteiger charge is 2.22. The van der Waals surface area contributed by atoms with Crippen LogP contribution in [-0.4, -0.2) is 19.5 Å². The van der Waals surface area contributed by atoms with Gasteiger partial charge in [0.15, 0.2) is 0 Å². The Balaban J connectivity index is 2.18. The van der Waals surface area contributed by atoms with E-state index >= 15 is 0 Å². The molecule has 0 spiro atoms. The van der Waals surface area contributed by atoms with Crippen molar-refractivity contribution in [2.24, 2.45) is 0 Å². The fourth-order valence-corrected chi connectivity index (χ4v) is 4.21. The van der Waals surface area contributed by atoms with Crippen LogP contribution in [0.4, 0.5) is 0 Å². The van der Waals surface area contributed by atoms with E-state index in [1.165, 1.54) is 3.97 Å². The minimum atomic E-state index is -3.67. The molecule has 3 aromatic rings. The SMILES string of the molecule is COc1cccc(-c2ccc(C)n2S(=O)(=O)c2ccc(C)cc2)c1. The van der Waals surface area contributed by atoms with E-state index in [2.05, 4.69) is 0 Å². The zero-order valence-electron chi connectivity index (χ0n) is 13.9. The molecule has 0 saturated carbocycles. The van der Waals surface area contributed by atoms with Gasteiger partial charge in [-0.15, -0.1) is 0 Å². The largest absolute Gasteiger partial charge is 0.497 e. The van der Waals surface area contributed by atoms with E-state index in [-0.39, 0.29) is 4.90 Å². The number of rotatable bonds is 4. The molecule has 1 heterocycles. The molecule has 5 heteroatoms. The summed E-state index contributed by atoms with van der Waals surface area (Å²) in [6.07, 6.45) is 0. The van der Waals surface area contributed by atoms with Gasteiger partial charge in [0.05, 0.1) is 17.7 Å². The highest BCUT2D eigenvalue weighted by atomic mass is 32.2. The van der Waals surface area contributed by atoms with Crippen LogP contribution < -0.4 is 4.74 Å². The van der Waals surface area contributed by atoms with Crippen molar-refractivity contribution in [2.45, 2.75) is 18.7 Å². The van der Waals surface area contributed by atoms with Gasteiger partial charge in [-0.1, -0.05) is 29.8 Å². The maximum atomic E-state index is 13.1. The van der Waals surface area contributed by atoms with Crippen molar-refractivity contribution < 1.29 is 13.2 Å². The van der Waals surface area contributed by atoms with E-state index in [0.29, 0.717) is 17.1 Å². The normalized spacial score (nSPS) is 11.5. The minimum absolute atomic E-state index is 0.275. The highest BCUT2D eigenvalue weighted by molar-refractivity contribution is 7.90. The molecule has 0 N–H and O–H groups in total. The Labute approximate surface area is 142 Å². The van der Waals surface area contributed by atoms with Crippen LogP contribution in [0, 0.1) is 13.8 Å². The third kappa shape index (κ3) is 2.83. The second kappa shape index (κ2) is 6.17. The Kier molecular flexibility index (Phi) is 4.20. The summed E-state index contributed by atoms with van der Waals surface area (Å²) < 4.78 is 32.8. The van der Waals surface area contributed by atoms with Crippen molar-refractivity contribution in [2.75, 3.05) is 7.11 Å². The van der Waals surface area contributed by atoms with Crippen LogP contribution >= 0.6 is 0 Å². The zero-order chi connectivity index (χ0) is 17.3. The van der Waals surface area contributed by atoms with E-state index in [9.17, 15) is 8.42 Å². The monoisotopic (exact) mass is 341 g/mol. The topological polar surface area (TPSA) is 48.3 Å². The first kappa shape index (κ1) is 16.3. The lowest BCUT2D eigenvalue weighted by molar-refractivity contribution is 0.415. The van der Waals surface area contributed by atoms with E-state index in [1.54, 1.807) is 44.4 Å². The number of ether oxygens (including phenoxy) is 1. The fraction of sp³-hybridized carbons (Fsp3) is 0.158. The third-order valence-electron chi connectivity index (χ3n) is 3.95. The molecule has 0 fully saturated rings. The average Bonchev–Trinajstić information content (AvgIpc) is 2.98. The van der Waals surface area contributed by atoms with Gasteiger partial charge in [0.25, 0.3) is 10.0 Å². The van der Waals surface area contributed by atoms with E-state index < -0.39 is 10.0 Å². The number of hydrogen-bond acceptors (Lipinski definition) is 3. The molecule has 2 aromatic carbocycles. The Bertz CT molecular complexity index is 970.